The van der Waals surface area contributed by atoms with Crippen LogP contribution in [0.5, 0.6) is 0 Å². The Bertz CT molecular complexity index is 433. The van der Waals surface area contributed by atoms with Crippen LogP contribution in [-0.2, 0) is 4.74 Å². The first-order chi connectivity index (χ1) is 8.33. The second-order valence-electron chi connectivity index (χ2n) is 3.59. The van der Waals surface area contributed by atoms with Crippen LogP contribution < -0.4 is 11.1 Å². The number of nitrogens with two attached hydrogens (primary N) is 1. The van der Waals surface area contributed by atoms with Crippen molar-refractivity contribution >= 4 is 17.3 Å². The van der Waals surface area contributed by atoms with Crippen LogP contribution >= 0.6 is 0 Å². The molecule has 0 spiro atoms. The highest BCUT2D eigenvalue weighted by atomic mass is 19.4. The summed E-state index contributed by atoms with van der Waals surface area (Å²) in [7, 11) is 1.23. The summed E-state index contributed by atoms with van der Waals surface area (Å²) < 4.78 is 40.3. The van der Waals surface area contributed by atoms with Gasteiger partial charge in [-0.05, 0) is 18.2 Å². The van der Waals surface area contributed by atoms with Crippen molar-refractivity contribution in [3.05, 3.63) is 23.8 Å². The zero-order chi connectivity index (χ0) is 13.8. The Morgan fingerprint density at radius 2 is 2.11 bits per heavy atom. The maximum Gasteiger partial charge on any atom is 0.390 e. The average Bonchev–Trinajstić information content (AvgIpc) is 2.28. The lowest BCUT2D eigenvalue weighted by Gasteiger charge is -2.11. The van der Waals surface area contributed by atoms with Gasteiger partial charge in [-0.1, -0.05) is 0 Å². The van der Waals surface area contributed by atoms with Gasteiger partial charge >= 0.3 is 12.1 Å². The average molecular weight is 262 g/mol. The Hall–Kier alpha value is -1.92. The predicted octanol–water partition coefficient (Wildman–Crippen LogP) is 2.42. The summed E-state index contributed by atoms with van der Waals surface area (Å²) in [6.45, 7) is -0.273. The Morgan fingerprint density at radius 3 is 2.61 bits per heavy atom. The number of methoxy groups -OCH3 is 1. The molecule has 0 amide bonds. The highest BCUT2D eigenvalue weighted by Crippen LogP contribution is 2.23. The van der Waals surface area contributed by atoms with Gasteiger partial charge in [-0.3, -0.25) is 0 Å². The standard InChI is InChI=1S/C11H13F3N2O2/c1-18-10(17)7-2-3-9(8(15)6-7)16-5-4-11(12,13)14/h2-3,6,16H,4-5,15H2,1H3. The minimum Gasteiger partial charge on any atom is -0.465 e. The molecule has 0 aliphatic carbocycles. The molecule has 0 radical (unpaired) electrons. The molecule has 7 heteroatoms. The topological polar surface area (TPSA) is 64.3 Å². The number of benzene rings is 1. The highest BCUT2D eigenvalue weighted by molar-refractivity contribution is 5.91. The van der Waals surface area contributed by atoms with Gasteiger partial charge in [0.25, 0.3) is 0 Å². The second kappa shape index (κ2) is 5.61. The summed E-state index contributed by atoms with van der Waals surface area (Å²) in [5.74, 6) is -0.552. The van der Waals surface area contributed by atoms with E-state index in [1.165, 1.54) is 25.3 Å². The van der Waals surface area contributed by atoms with Crippen molar-refractivity contribution in [3.63, 3.8) is 0 Å². The molecule has 0 unspecified atom stereocenters. The van der Waals surface area contributed by atoms with E-state index in [-0.39, 0.29) is 17.8 Å². The monoisotopic (exact) mass is 262 g/mol. The number of halogens is 3. The molecule has 0 bridgehead atoms. The number of alkyl halides is 3. The van der Waals surface area contributed by atoms with Gasteiger partial charge in [-0.25, -0.2) is 4.79 Å². The lowest BCUT2D eigenvalue weighted by molar-refractivity contribution is -0.131. The lowest BCUT2D eigenvalue weighted by atomic mass is 10.1. The summed E-state index contributed by atoms with van der Waals surface area (Å²) in [5, 5.41) is 2.56. The number of carbonyl (C=O) groups excluding carboxylic acids is 1. The number of hydrogen-bond donors (Lipinski definition) is 2. The van der Waals surface area contributed by atoms with Crippen LogP contribution in [0, 0.1) is 0 Å². The van der Waals surface area contributed by atoms with Gasteiger partial charge in [0.05, 0.1) is 30.5 Å². The first-order valence-corrected chi connectivity index (χ1v) is 5.12. The van der Waals surface area contributed by atoms with Crippen LogP contribution in [-0.4, -0.2) is 25.8 Å². The van der Waals surface area contributed by atoms with E-state index in [1.807, 2.05) is 0 Å². The predicted molar refractivity (Wildman–Crippen MR) is 61.4 cm³/mol. The van der Waals surface area contributed by atoms with Crippen LogP contribution in [0.2, 0.25) is 0 Å². The fourth-order valence-corrected chi connectivity index (χ4v) is 1.31. The molecular weight excluding hydrogens is 249 g/mol. The zero-order valence-corrected chi connectivity index (χ0v) is 9.67. The molecule has 3 N–H and O–H groups in total. The molecule has 0 atom stereocenters. The molecular formula is C11H13F3N2O2. The molecule has 18 heavy (non-hydrogen) atoms. The molecule has 1 rings (SSSR count). The number of ether oxygens (including phenoxy) is 1. The fraction of sp³-hybridized carbons (Fsp3) is 0.364. The van der Waals surface area contributed by atoms with E-state index in [4.69, 9.17) is 5.73 Å². The number of nitrogens with one attached hydrogen (secondary N) is 1. The van der Waals surface area contributed by atoms with Crippen molar-refractivity contribution < 1.29 is 22.7 Å². The summed E-state index contributed by atoms with van der Waals surface area (Å²) in [4.78, 5) is 11.2. The number of esters is 1. The number of hydrogen-bond acceptors (Lipinski definition) is 4. The van der Waals surface area contributed by atoms with Crippen molar-refractivity contribution in [2.45, 2.75) is 12.6 Å². The van der Waals surface area contributed by atoms with E-state index in [2.05, 4.69) is 10.1 Å². The third kappa shape index (κ3) is 4.15. The number of rotatable bonds is 4. The number of carbonyl (C=O) groups is 1. The van der Waals surface area contributed by atoms with Gasteiger partial charge in [0.1, 0.15) is 0 Å². The lowest BCUT2D eigenvalue weighted by Crippen LogP contribution is -2.15. The maximum absolute atomic E-state index is 11.9. The summed E-state index contributed by atoms with van der Waals surface area (Å²) in [5.41, 5.74) is 6.41. The Balaban J connectivity index is 2.66. The molecule has 0 saturated carbocycles. The quantitative estimate of drug-likeness (QED) is 0.646. The molecule has 0 aliphatic heterocycles. The van der Waals surface area contributed by atoms with E-state index >= 15 is 0 Å². The maximum atomic E-state index is 11.9. The molecule has 0 heterocycles. The largest absolute Gasteiger partial charge is 0.465 e. The van der Waals surface area contributed by atoms with Gasteiger partial charge < -0.3 is 15.8 Å². The van der Waals surface area contributed by atoms with Crippen molar-refractivity contribution in [1.82, 2.24) is 0 Å². The van der Waals surface area contributed by atoms with Crippen molar-refractivity contribution in [2.24, 2.45) is 0 Å². The van der Waals surface area contributed by atoms with E-state index in [1.54, 1.807) is 0 Å². The molecule has 0 saturated heterocycles. The van der Waals surface area contributed by atoms with Gasteiger partial charge in [-0.15, -0.1) is 0 Å². The highest BCUT2D eigenvalue weighted by Gasteiger charge is 2.26. The molecule has 100 valence electrons. The van der Waals surface area contributed by atoms with Gasteiger partial charge in [0.15, 0.2) is 0 Å². The van der Waals surface area contributed by atoms with Crippen LogP contribution in [0.15, 0.2) is 18.2 Å². The molecule has 0 fully saturated rings. The van der Waals surface area contributed by atoms with Crippen molar-refractivity contribution in [3.8, 4) is 0 Å². The van der Waals surface area contributed by atoms with Gasteiger partial charge in [0.2, 0.25) is 0 Å². The van der Waals surface area contributed by atoms with E-state index in [0.717, 1.165) is 0 Å². The molecule has 4 nitrogen and oxygen atoms in total. The Labute approximate surface area is 102 Å². The van der Waals surface area contributed by atoms with Gasteiger partial charge in [0, 0.05) is 6.54 Å². The first-order valence-electron chi connectivity index (χ1n) is 5.12. The van der Waals surface area contributed by atoms with Crippen LogP contribution in [0.1, 0.15) is 16.8 Å². The minimum atomic E-state index is -4.21. The van der Waals surface area contributed by atoms with E-state index in [9.17, 15) is 18.0 Å². The Kier molecular flexibility index (Phi) is 4.41. The third-order valence-electron chi connectivity index (χ3n) is 2.20. The summed E-state index contributed by atoms with van der Waals surface area (Å²) in [6, 6.07) is 4.22. The van der Waals surface area contributed by atoms with Crippen molar-refractivity contribution in [2.75, 3.05) is 24.7 Å². The van der Waals surface area contributed by atoms with Crippen LogP contribution in [0.3, 0.4) is 0 Å². The number of nitrogen functional groups attached to an aromatic ring is 1. The summed E-state index contributed by atoms with van der Waals surface area (Å²) >= 11 is 0. The SMILES string of the molecule is COC(=O)c1ccc(NCCC(F)(F)F)c(N)c1. The second-order valence-corrected chi connectivity index (χ2v) is 3.59. The number of anilines is 2. The molecule has 1 aromatic rings. The van der Waals surface area contributed by atoms with Crippen LogP contribution in [0.25, 0.3) is 0 Å². The van der Waals surface area contributed by atoms with Gasteiger partial charge in [-0.2, -0.15) is 13.2 Å². The van der Waals surface area contributed by atoms with E-state index < -0.39 is 18.6 Å². The van der Waals surface area contributed by atoms with Crippen LogP contribution in [0.4, 0.5) is 24.5 Å². The molecule has 1 aromatic carbocycles. The fourth-order valence-electron chi connectivity index (χ4n) is 1.31. The minimum absolute atomic E-state index is 0.195. The normalized spacial score (nSPS) is 11.1. The Morgan fingerprint density at radius 1 is 1.44 bits per heavy atom. The van der Waals surface area contributed by atoms with E-state index in [0.29, 0.717) is 5.69 Å². The smallest absolute Gasteiger partial charge is 0.390 e. The summed E-state index contributed by atoms with van der Waals surface area (Å²) in [6.07, 6.45) is -5.17. The van der Waals surface area contributed by atoms with Crippen molar-refractivity contribution in [1.29, 1.82) is 0 Å². The third-order valence-corrected chi connectivity index (χ3v) is 2.20. The zero-order valence-electron chi connectivity index (χ0n) is 9.67. The molecule has 0 aliphatic rings. The molecule has 0 aromatic heterocycles. The first kappa shape index (κ1) is 14.1.